The molecule has 1 aromatic carbocycles. The largest absolute Gasteiger partial charge is 0.439 e. The number of anilines is 2. The molecular formula is C21H20FN5O3. The highest BCUT2D eigenvalue weighted by molar-refractivity contribution is 5.91. The zero-order valence-electron chi connectivity index (χ0n) is 16.2. The van der Waals surface area contributed by atoms with Crippen LogP contribution in [-0.4, -0.2) is 28.5 Å². The number of carbonyl (C=O) groups is 2. The predicted octanol–water partition coefficient (Wildman–Crippen LogP) is 3.87. The molecule has 0 aliphatic carbocycles. The number of halogens is 1. The second kappa shape index (κ2) is 9.97. The highest BCUT2D eigenvalue weighted by Gasteiger charge is 2.06. The number of carbonyl (C=O) groups excluding carboxylic acids is 2. The Morgan fingerprint density at radius 2 is 1.77 bits per heavy atom. The van der Waals surface area contributed by atoms with E-state index < -0.39 is 6.03 Å². The summed E-state index contributed by atoms with van der Waals surface area (Å²) in [5.74, 6) is 0.597. The highest BCUT2D eigenvalue weighted by Crippen LogP contribution is 2.20. The molecule has 9 heteroatoms. The van der Waals surface area contributed by atoms with Crippen LogP contribution in [0, 0.1) is 12.7 Å². The number of ether oxygens (including phenoxy) is 1. The van der Waals surface area contributed by atoms with Gasteiger partial charge in [-0.15, -0.1) is 0 Å². The number of pyridine rings is 2. The summed E-state index contributed by atoms with van der Waals surface area (Å²) in [7, 11) is 0. The van der Waals surface area contributed by atoms with Crippen LogP contribution in [0.2, 0.25) is 0 Å². The number of hydrogen-bond donors (Lipinski definition) is 3. The monoisotopic (exact) mass is 409 g/mol. The van der Waals surface area contributed by atoms with Gasteiger partial charge in [0, 0.05) is 25.2 Å². The summed E-state index contributed by atoms with van der Waals surface area (Å²) in [5, 5.41) is 7.85. The van der Waals surface area contributed by atoms with Crippen LogP contribution in [0.15, 0.2) is 60.9 Å². The molecule has 30 heavy (non-hydrogen) atoms. The second-order valence-electron chi connectivity index (χ2n) is 6.34. The Morgan fingerprint density at radius 3 is 2.43 bits per heavy atom. The van der Waals surface area contributed by atoms with Gasteiger partial charge in [-0.1, -0.05) is 6.07 Å². The first kappa shape index (κ1) is 20.7. The van der Waals surface area contributed by atoms with E-state index in [1.807, 2.05) is 13.0 Å². The van der Waals surface area contributed by atoms with E-state index in [1.54, 1.807) is 24.4 Å². The Kier molecular flexibility index (Phi) is 6.88. The smallest absolute Gasteiger partial charge is 0.319 e. The molecule has 2 heterocycles. The van der Waals surface area contributed by atoms with Crippen molar-refractivity contribution < 1.29 is 18.7 Å². The highest BCUT2D eigenvalue weighted by atomic mass is 19.1. The minimum Gasteiger partial charge on any atom is -0.439 e. The lowest BCUT2D eigenvalue weighted by Crippen LogP contribution is -2.31. The van der Waals surface area contributed by atoms with E-state index in [4.69, 9.17) is 4.74 Å². The molecule has 2 aromatic heterocycles. The van der Waals surface area contributed by atoms with Crippen molar-refractivity contribution in [1.29, 1.82) is 0 Å². The molecule has 3 aromatic rings. The van der Waals surface area contributed by atoms with Gasteiger partial charge in [-0.2, -0.15) is 0 Å². The molecule has 0 bridgehead atoms. The summed E-state index contributed by atoms with van der Waals surface area (Å²) in [6.45, 7) is 2.06. The lowest BCUT2D eigenvalue weighted by Gasteiger charge is -2.09. The summed E-state index contributed by atoms with van der Waals surface area (Å²) in [4.78, 5) is 32.0. The van der Waals surface area contributed by atoms with Crippen LogP contribution in [0.25, 0.3) is 0 Å². The molecule has 0 spiro atoms. The van der Waals surface area contributed by atoms with Crippen LogP contribution in [0.1, 0.15) is 12.0 Å². The Balaban J connectivity index is 1.39. The Hall–Kier alpha value is -4.01. The minimum absolute atomic E-state index is 0.103. The minimum atomic E-state index is -0.467. The molecule has 3 N–H and O–H groups in total. The molecule has 0 atom stereocenters. The number of rotatable bonds is 7. The van der Waals surface area contributed by atoms with Crippen LogP contribution < -0.4 is 20.7 Å². The van der Waals surface area contributed by atoms with E-state index in [-0.39, 0.29) is 24.7 Å². The Labute approximate surface area is 172 Å². The topological polar surface area (TPSA) is 105 Å². The average Bonchev–Trinajstić information content (AvgIpc) is 2.73. The van der Waals surface area contributed by atoms with Crippen molar-refractivity contribution in [1.82, 2.24) is 15.3 Å². The van der Waals surface area contributed by atoms with Crippen LogP contribution in [0.4, 0.5) is 20.7 Å². The molecule has 0 aliphatic heterocycles. The first-order chi connectivity index (χ1) is 14.5. The fourth-order valence-corrected chi connectivity index (χ4v) is 2.35. The third kappa shape index (κ3) is 6.55. The number of hydrogen-bond acceptors (Lipinski definition) is 5. The van der Waals surface area contributed by atoms with E-state index in [1.165, 1.54) is 30.5 Å². The van der Waals surface area contributed by atoms with Crippen LogP contribution >= 0.6 is 0 Å². The summed E-state index contributed by atoms with van der Waals surface area (Å²) < 4.78 is 18.4. The maximum absolute atomic E-state index is 12.9. The molecule has 0 saturated carbocycles. The maximum Gasteiger partial charge on any atom is 0.319 e. The molecule has 0 aliphatic rings. The standard InChI is InChI=1S/C21H20FN5O3/c1-14-2-8-18(24-12-14)27-19(28)10-11-23-21(29)26-16-5-9-20(25-13-16)30-17-6-3-15(22)4-7-17/h2-9,12-13H,10-11H2,1H3,(H2,23,26,29)(H,24,27,28). The fourth-order valence-electron chi connectivity index (χ4n) is 2.35. The molecule has 154 valence electrons. The van der Waals surface area contributed by atoms with Crippen molar-refractivity contribution in [3.63, 3.8) is 0 Å². The Bertz CT molecular complexity index is 993. The molecule has 8 nitrogen and oxygen atoms in total. The number of aromatic nitrogens is 2. The van der Waals surface area contributed by atoms with Crippen molar-refractivity contribution in [2.75, 3.05) is 17.2 Å². The average molecular weight is 409 g/mol. The van der Waals surface area contributed by atoms with Gasteiger partial charge in [0.05, 0.1) is 11.9 Å². The molecule has 0 saturated heterocycles. The van der Waals surface area contributed by atoms with E-state index in [9.17, 15) is 14.0 Å². The van der Waals surface area contributed by atoms with E-state index >= 15 is 0 Å². The van der Waals surface area contributed by atoms with Gasteiger partial charge in [0.25, 0.3) is 0 Å². The zero-order chi connectivity index (χ0) is 21.3. The number of amides is 3. The van der Waals surface area contributed by atoms with Crippen LogP contribution in [-0.2, 0) is 4.79 Å². The van der Waals surface area contributed by atoms with Crippen molar-refractivity contribution in [3.8, 4) is 11.6 Å². The lowest BCUT2D eigenvalue weighted by atomic mass is 10.3. The van der Waals surface area contributed by atoms with Crippen molar-refractivity contribution >= 4 is 23.4 Å². The van der Waals surface area contributed by atoms with Gasteiger partial charge in [0.15, 0.2) is 0 Å². The third-order valence-electron chi connectivity index (χ3n) is 3.85. The van der Waals surface area contributed by atoms with E-state index in [0.717, 1.165) is 5.56 Å². The van der Waals surface area contributed by atoms with Crippen LogP contribution in [0.5, 0.6) is 11.6 Å². The summed E-state index contributed by atoms with van der Waals surface area (Å²) >= 11 is 0. The first-order valence-corrected chi connectivity index (χ1v) is 9.15. The third-order valence-corrected chi connectivity index (χ3v) is 3.85. The van der Waals surface area contributed by atoms with Crippen molar-refractivity contribution in [2.24, 2.45) is 0 Å². The van der Waals surface area contributed by atoms with E-state index in [2.05, 4.69) is 25.9 Å². The van der Waals surface area contributed by atoms with E-state index in [0.29, 0.717) is 23.1 Å². The fraction of sp³-hybridized carbons (Fsp3) is 0.143. The summed E-state index contributed by atoms with van der Waals surface area (Å²) in [6.07, 6.45) is 3.19. The number of benzene rings is 1. The van der Waals surface area contributed by atoms with Gasteiger partial charge in [0.1, 0.15) is 17.4 Å². The molecule has 3 amide bonds. The van der Waals surface area contributed by atoms with Crippen molar-refractivity contribution in [3.05, 3.63) is 72.3 Å². The molecule has 0 unspecified atom stereocenters. The van der Waals surface area contributed by atoms with Gasteiger partial charge in [-0.3, -0.25) is 4.79 Å². The number of aryl methyl sites for hydroxylation is 1. The first-order valence-electron chi connectivity index (χ1n) is 9.15. The maximum atomic E-state index is 12.9. The Morgan fingerprint density at radius 1 is 0.967 bits per heavy atom. The SMILES string of the molecule is Cc1ccc(NC(=O)CCNC(=O)Nc2ccc(Oc3ccc(F)cc3)nc2)nc1. The quantitative estimate of drug-likeness (QED) is 0.549. The zero-order valence-corrected chi connectivity index (χ0v) is 16.2. The van der Waals surface area contributed by atoms with Crippen LogP contribution in [0.3, 0.4) is 0 Å². The number of urea groups is 1. The predicted molar refractivity (Wildman–Crippen MR) is 110 cm³/mol. The second-order valence-corrected chi connectivity index (χ2v) is 6.34. The summed E-state index contributed by atoms with van der Waals surface area (Å²) in [6, 6.07) is 11.8. The van der Waals surface area contributed by atoms with Gasteiger partial charge >= 0.3 is 6.03 Å². The number of nitrogens with zero attached hydrogens (tertiary/aromatic N) is 2. The van der Waals surface area contributed by atoms with Gasteiger partial charge < -0.3 is 20.7 Å². The van der Waals surface area contributed by atoms with Gasteiger partial charge in [-0.05, 0) is 48.9 Å². The van der Waals surface area contributed by atoms with Gasteiger partial charge in [-0.25, -0.2) is 19.2 Å². The van der Waals surface area contributed by atoms with Crippen molar-refractivity contribution in [2.45, 2.75) is 13.3 Å². The van der Waals surface area contributed by atoms with Gasteiger partial charge in [0.2, 0.25) is 11.8 Å². The molecule has 0 fully saturated rings. The molecule has 0 radical (unpaired) electrons. The molecule has 3 rings (SSSR count). The lowest BCUT2D eigenvalue weighted by molar-refractivity contribution is -0.116. The normalized spacial score (nSPS) is 10.2. The summed E-state index contributed by atoms with van der Waals surface area (Å²) in [5.41, 5.74) is 1.45. The molecular weight excluding hydrogens is 389 g/mol. The number of nitrogens with one attached hydrogen (secondary N) is 3.